The molecule has 32 heavy (non-hydrogen) atoms. The summed E-state index contributed by atoms with van der Waals surface area (Å²) in [5.41, 5.74) is 17.8. The zero-order chi connectivity index (χ0) is 23.8. The van der Waals surface area contributed by atoms with Crippen molar-refractivity contribution >= 4 is 94.5 Å². The van der Waals surface area contributed by atoms with E-state index in [0.29, 0.717) is 0 Å². The van der Waals surface area contributed by atoms with E-state index in [2.05, 4.69) is 0 Å². The summed E-state index contributed by atoms with van der Waals surface area (Å²) in [4.78, 5) is 0. The summed E-state index contributed by atoms with van der Waals surface area (Å²) >= 11 is 36.9. The molecule has 170 valence electrons. The SMILES string of the molecule is Nc1cc(Cl)c(OP(=O)(Oc2c(Cl)cc(N)cc2Cl)Oc2c(Cl)cc(N)cc2Cl)c(Cl)c1. The Kier molecular flexibility index (Phi) is 7.62. The zero-order valence-electron chi connectivity index (χ0n) is 15.5. The summed E-state index contributed by atoms with van der Waals surface area (Å²) in [6, 6.07) is 7.91. The van der Waals surface area contributed by atoms with Crippen LogP contribution in [0.5, 0.6) is 17.2 Å². The Hall–Kier alpha value is -1.57. The fourth-order valence-electron chi connectivity index (χ4n) is 2.39. The van der Waals surface area contributed by atoms with Crippen LogP contribution >= 0.6 is 77.4 Å². The van der Waals surface area contributed by atoms with Gasteiger partial charge < -0.3 is 30.8 Å². The highest BCUT2D eigenvalue weighted by Crippen LogP contribution is 2.57. The summed E-state index contributed by atoms with van der Waals surface area (Å²) in [6.45, 7) is 0. The van der Waals surface area contributed by atoms with Crippen LogP contribution in [-0.2, 0) is 4.57 Å². The fraction of sp³-hybridized carbons (Fsp3) is 0. The third-order valence-electron chi connectivity index (χ3n) is 3.67. The maximum Gasteiger partial charge on any atom is 0.647 e. The van der Waals surface area contributed by atoms with Gasteiger partial charge in [0.15, 0.2) is 17.2 Å². The summed E-state index contributed by atoms with van der Waals surface area (Å²) in [5.74, 6) is -0.760. The van der Waals surface area contributed by atoms with Crippen LogP contribution in [0.4, 0.5) is 17.1 Å². The van der Waals surface area contributed by atoms with Crippen LogP contribution < -0.4 is 30.8 Å². The number of hydrogen-bond donors (Lipinski definition) is 3. The number of benzene rings is 3. The van der Waals surface area contributed by atoms with Crippen molar-refractivity contribution in [2.75, 3.05) is 17.2 Å². The minimum absolute atomic E-state index is 0.0774. The molecule has 0 radical (unpaired) electrons. The molecule has 7 nitrogen and oxygen atoms in total. The van der Waals surface area contributed by atoms with E-state index in [1.807, 2.05) is 0 Å². The van der Waals surface area contributed by atoms with Crippen molar-refractivity contribution in [3.8, 4) is 17.2 Å². The van der Waals surface area contributed by atoms with Gasteiger partial charge in [-0.15, -0.1) is 0 Å². The first-order chi connectivity index (χ1) is 14.9. The second kappa shape index (κ2) is 9.74. The largest absolute Gasteiger partial charge is 0.647 e. The van der Waals surface area contributed by atoms with Gasteiger partial charge in [0, 0.05) is 17.1 Å². The number of phosphoric ester groups is 1. The predicted octanol–water partition coefficient (Wildman–Crippen LogP) is 8.00. The third-order valence-corrected chi connectivity index (χ3v) is 6.57. The van der Waals surface area contributed by atoms with Crippen molar-refractivity contribution in [2.24, 2.45) is 0 Å². The number of nitrogen functional groups attached to an aromatic ring is 3. The molecule has 14 heteroatoms. The van der Waals surface area contributed by atoms with Crippen molar-refractivity contribution < 1.29 is 18.1 Å². The van der Waals surface area contributed by atoms with Crippen LogP contribution in [-0.4, -0.2) is 0 Å². The average Bonchev–Trinajstić information content (AvgIpc) is 2.64. The molecule has 0 aliphatic heterocycles. The number of rotatable bonds is 6. The lowest BCUT2D eigenvalue weighted by Crippen LogP contribution is -2.10. The molecule has 0 fully saturated rings. The molecule has 0 heterocycles. The first kappa shape index (κ1) is 25.1. The summed E-state index contributed by atoms with van der Waals surface area (Å²) in [5, 5.41) is -0.464. The minimum Gasteiger partial charge on any atom is -0.399 e. The van der Waals surface area contributed by atoms with Crippen LogP contribution in [0.1, 0.15) is 0 Å². The van der Waals surface area contributed by atoms with Gasteiger partial charge in [0.2, 0.25) is 0 Å². The van der Waals surface area contributed by atoms with E-state index in [-0.39, 0.29) is 64.4 Å². The van der Waals surface area contributed by atoms with Crippen LogP contribution in [0, 0.1) is 0 Å². The molecule has 6 N–H and O–H groups in total. The highest BCUT2D eigenvalue weighted by molar-refractivity contribution is 7.49. The molecule has 3 aromatic rings. The van der Waals surface area contributed by atoms with Gasteiger partial charge in [-0.05, 0) is 36.4 Å². The number of phosphoric acid groups is 1. The summed E-state index contributed by atoms with van der Waals surface area (Å²) < 4.78 is 30.3. The normalized spacial score (nSPS) is 11.3. The monoisotopic (exact) mass is 575 g/mol. The van der Waals surface area contributed by atoms with Crippen molar-refractivity contribution in [2.45, 2.75) is 0 Å². The Balaban J connectivity index is 2.12. The zero-order valence-corrected chi connectivity index (χ0v) is 21.0. The first-order valence-electron chi connectivity index (χ1n) is 8.31. The van der Waals surface area contributed by atoms with Gasteiger partial charge in [0.05, 0.1) is 30.1 Å². The molecular weight excluding hydrogens is 566 g/mol. The van der Waals surface area contributed by atoms with Gasteiger partial charge in [0.25, 0.3) is 0 Å². The van der Waals surface area contributed by atoms with Crippen LogP contribution in [0.25, 0.3) is 0 Å². The Labute approximate surface area is 212 Å². The topological polar surface area (TPSA) is 123 Å². The molecule has 0 saturated heterocycles. The van der Waals surface area contributed by atoms with Gasteiger partial charge in [-0.1, -0.05) is 69.6 Å². The number of halogens is 6. The molecule has 0 amide bonds. The number of hydrogen-bond acceptors (Lipinski definition) is 7. The lowest BCUT2D eigenvalue weighted by atomic mass is 10.3. The Morgan fingerprint density at radius 3 is 0.875 bits per heavy atom. The molecule has 0 bridgehead atoms. The van der Waals surface area contributed by atoms with E-state index in [0.717, 1.165) is 0 Å². The summed E-state index contributed by atoms with van der Waals surface area (Å²) in [7, 11) is -4.72. The van der Waals surface area contributed by atoms with Crippen molar-refractivity contribution in [3.63, 3.8) is 0 Å². The van der Waals surface area contributed by atoms with E-state index < -0.39 is 7.82 Å². The molecule has 0 aliphatic carbocycles. The second-order valence-electron chi connectivity index (χ2n) is 6.16. The van der Waals surface area contributed by atoms with Crippen molar-refractivity contribution in [1.29, 1.82) is 0 Å². The highest BCUT2D eigenvalue weighted by Gasteiger charge is 2.38. The van der Waals surface area contributed by atoms with Crippen LogP contribution in [0.3, 0.4) is 0 Å². The molecule has 0 atom stereocenters. The van der Waals surface area contributed by atoms with Gasteiger partial charge in [-0.25, -0.2) is 0 Å². The van der Waals surface area contributed by atoms with E-state index in [1.165, 1.54) is 36.4 Å². The van der Waals surface area contributed by atoms with Gasteiger partial charge in [-0.3, -0.25) is 0 Å². The van der Waals surface area contributed by atoms with Crippen LogP contribution in [0.15, 0.2) is 36.4 Å². The predicted molar refractivity (Wildman–Crippen MR) is 132 cm³/mol. The Bertz CT molecular complexity index is 1040. The van der Waals surface area contributed by atoms with E-state index in [9.17, 15) is 4.57 Å². The lowest BCUT2D eigenvalue weighted by molar-refractivity contribution is 0.299. The molecule has 3 rings (SSSR count). The Morgan fingerprint density at radius 1 is 0.500 bits per heavy atom. The smallest absolute Gasteiger partial charge is 0.399 e. The maximum absolute atomic E-state index is 13.8. The summed E-state index contributed by atoms with van der Waals surface area (Å²) in [6.07, 6.45) is 0. The van der Waals surface area contributed by atoms with Crippen LogP contribution in [0.2, 0.25) is 30.1 Å². The molecule has 0 aliphatic rings. The maximum atomic E-state index is 13.8. The molecular formula is C18H12Cl6N3O4P. The van der Waals surface area contributed by atoms with E-state index >= 15 is 0 Å². The third kappa shape index (κ3) is 5.67. The molecule has 0 aromatic heterocycles. The van der Waals surface area contributed by atoms with E-state index in [4.69, 9.17) is 100 Å². The quantitative estimate of drug-likeness (QED) is 0.200. The fourth-order valence-corrected chi connectivity index (χ4v) is 5.83. The molecule has 0 unspecified atom stereocenters. The number of nitrogens with two attached hydrogens (primary N) is 3. The standard InChI is InChI=1S/C18H12Cl6N3O4P/c19-10-1-7(25)2-11(20)16(10)29-32(28,30-17-12(21)3-8(26)4-13(17)22)31-18-14(23)5-9(27)6-15(18)24/h1-6H,25-27H2. The lowest BCUT2D eigenvalue weighted by Gasteiger charge is -2.22. The average molecular weight is 578 g/mol. The molecule has 0 saturated carbocycles. The second-order valence-corrected chi connectivity index (χ2v) is 10.0. The molecule has 0 spiro atoms. The number of anilines is 3. The highest BCUT2D eigenvalue weighted by atomic mass is 35.5. The van der Waals surface area contributed by atoms with Gasteiger partial charge in [-0.2, -0.15) is 4.57 Å². The van der Waals surface area contributed by atoms with Gasteiger partial charge in [0.1, 0.15) is 0 Å². The minimum atomic E-state index is -4.72. The Morgan fingerprint density at radius 2 is 0.688 bits per heavy atom. The van der Waals surface area contributed by atoms with Crippen molar-refractivity contribution in [1.82, 2.24) is 0 Å². The molecule has 3 aromatic carbocycles. The van der Waals surface area contributed by atoms with E-state index in [1.54, 1.807) is 0 Å². The van der Waals surface area contributed by atoms with Crippen molar-refractivity contribution in [3.05, 3.63) is 66.5 Å². The first-order valence-corrected chi connectivity index (χ1v) is 12.0. The van der Waals surface area contributed by atoms with Gasteiger partial charge >= 0.3 is 7.82 Å².